The number of hydrogen-bond acceptors (Lipinski definition) is 4. The second-order valence-electron chi connectivity index (χ2n) is 9.20. The van der Waals surface area contributed by atoms with Crippen LogP contribution in [0.5, 0.6) is 0 Å². The van der Waals surface area contributed by atoms with Crippen LogP contribution in [0.15, 0.2) is 59.1 Å². The molecule has 10 heteroatoms. The Kier molecular flexibility index (Phi) is 8.71. The minimum atomic E-state index is -1.33. The van der Waals surface area contributed by atoms with Gasteiger partial charge < -0.3 is 20.9 Å². The number of carbonyl (C=O) groups excluding carboxylic acids is 2. The minimum Gasteiger partial charge on any atom is -0.367 e. The number of hydrogen-bond donors (Lipinski definition) is 3. The molecule has 0 fully saturated rings. The van der Waals surface area contributed by atoms with E-state index in [4.69, 9.17) is 34.8 Å². The van der Waals surface area contributed by atoms with Crippen molar-refractivity contribution in [3.8, 4) is 0 Å². The summed E-state index contributed by atoms with van der Waals surface area (Å²) in [6.07, 6.45) is 1.03. The summed E-state index contributed by atoms with van der Waals surface area (Å²) in [6.45, 7) is 1.38. The number of rotatable bonds is 9. The van der Waals surface area contributed by atoms with E-state index in [0.717, 1.165) is 23.0 Å². The van der Waals surface area contributed by atoms with Crippen LogP contribution in [0, 0.1) is 0 Å². The lowest BCUT2D eigenvalue weighted by Gasteiger charge is -2.32. The van der Waals surface area contributed by atoms with Crippen molar-refractivity contribution in [2.75, 3.05) is 37.8 Å². The van der Waals surface area contributed by atoms with Gasteiger partial charge in [0.25, 0.3) is 11.8 Å². The number of anilines is 2. The fourth-order valence-electron chi connectivity index (χ4n) is 4.47. The van der Waals surface area contributed by atoms with Gasteiger partial charge >= 0.3 is 0 Å². The number of benzene rings is 3. The van der Waals surface area contributed by atoms with E-state index in [0.29, 0.717) is 44.1 Å². The predicted octanol–water partition coefficient (Wildman–Crippen LogP) is 6.59. The van der Waals surface area contributed by atoms with Gasteiger partial charge in [-0.1, -0.05) is 62.9 Å². The van der Waals surface area contributed by atoms with Gasteiger partial charge in [-0.3, -0.25) is 9.59 Å². The molecule has 0 saturated carbocycles. The molecule has 2 amide bonds. The lowest BCUT2D eigenvalue weighted by Crippen LogP contribution is -2.45. The average molecular weight is 625 g/mol. The van der Waals surface area contributed by atoms with E-state index < -0.39 is 5.54 Å². The quantitative estimate of drug-likeness (QED) is 0.235. The summed E-state index contributed by atoms with van der Waals surface area (Å²) in [7, 11) is 3.97. The van der Waals surface area contributed by atoms with E-state index in [-0.39, 0.29) is 18.2 Å². The molecule has 0 saturated heterocycles. The third-order valence-electron chi connectivity index (χ3n) is 6.12. The Hall–Kier alpha value is -2.29. The molecule has 4 rings (SSSR count). The first kappa shape index (κ1) is 27.7. The monoisotopic (exact) mass is 622 g/mol. The first-order chi connectivity index (χ1) is 17.6. The van der Waals surface area contributed by atoms with E-state index in [9.17, 15) is 9.59 Å². The highest BCUT2D eigenvalue weighted by Crippen LogP contribution is 2.46. The zero-order valence-corrected chi connectivity index (χ0v) is 24.2. The molecular formula is C27H26BrCl3N4O2. The van der Waals surface area contributed by atoms with Crippen LogP contribution in [0.3, 0.4) is 0 Å². The van der Waals surface area contributed by atoms with Gasteiger partial charge in [-0.2, -0.15) is 0 Å². The van der Waals surface area contributed by atoms with Gasteiger partial charge in [0.1, 0.15) is 0 Å². The van der Waals surface area contributed by atoms with Crippen LogP contribution in [0.4, 0.5) is 11.4 Å². The SMILES string of the molecule is CN(C)CCCNC(=O)c1ccc(Br)cc1NC1(Cc2cccc(Cl)c2)C(=O)Nc2cc(Cl)cc(Cl)c21. The second kappa shape index (κ2) is 11.6. The molecule has 6 nitrogen and oxygen atoms in total. The summed E-state index contributed by atoms with van der Waals surface area (Å²) in [5.74, 6) is -0.559. The van der Waals surface area contributed by atoms with Crippen molar-refractivity contribution in [2.45, 2.75) is 18.4 Å². The number of carbonyl (C=O) groups is 2. The Morgan fingerprint density at radius 2 is 1.84 bits per heavy atom. The van der Waals surface area contributed by atoms with Crippen LogP contribution in [0.1, 0.15) is 27.9 Å². The fourth-order valence-corrected chi connectivity index (χ4v) is 5.70. The number of fused-ring (bicyclic) bond motifs is 1. The largest absolute Gasteiger partial charge is 0.367 e. The van der Waals surface area contributed by atoms with Gasteiger partial charge in [0, 0.05) is 44.4 Å². The summed E-state index contributed by atoms with van der Waals surface area (Å²) in [6, 6.07) is 15.9. The first-order valence-electron chi connectivity index (χ1n) is 11.6. The third-order valence-corrected chi connectivity index (χ3v) is 7.36. The normalized spacial score (nSPS) is 16.5. The Balaban J connectivity index is 1.77. The zero-order chi connectivity index (χ0) is 26.7. The highest BCUT2D eigenvalue weighted by atomic mass is 79.9. The van der Waals surface area contributed by atoms with Gasteiger partial charge in [0.05, 0.1) is 10.6 Å². The maximum atomic E-state index is 13.7. The molecule has 0 aromatic heterocycles. The van der Waals surface area contributed by atoms with Crippen LogP contribution >= 0.6 is 50.7 Å². The second-order valence-corrected chi connectivity index (χ2v) is 11.4. The van der Waals surface area contributed by atoms with Gasteiger partial charge in [-0.05, 0) is 75.1 Å². The summed E-state index contributed by atoms with van der Waals surface area (Å²) in [5, 5.41) is 10.6. The molecule has 3 aromatic carbocycles. The summed E-state index contributed by atoms with van der Waals surface area (Å²) < 4.78 is 0.748. The van der Waals surface area contributed by atoms with Gasteiger partial charge in [-0.15, -0.1) is 0 Å². The van der Waals surface area contributed by atoms with Crippen LogP contribution in [-0.2, 0) is 16.8 Å². The van der Waals surface area contributed by atoms with Crippen LogP contribution in [0.2, 0.25) is 15.1 Å². The summed E-state index contributed by atoms with van der Waals surface area (Å²) in [5.41, 5.74) is 1.45. The fraction of sp³-hybridized carbons (Fsp3) is 0.259. The molecular weight excluding hydrogens is 599 g/mol. The van der Waals surface area contributed by atoms with Crippen molar-refractivity contribution in [2.24, 2.45) is 0 Å². The molecule has 3 aromatic rings. The van der Waals surface area contributed by atoms with Crippen molar-refractivity contribution in [3.63, 3.8) is 0 Å². The molecule has 1 heterocycles. The lowest BCUT2D eigenvalue weighted by atomic mass is 9.84. The molecule has 1 aliphatic rings. The Bertz CT molecular complexity index is 1350. The van der Waals surface area contributed by atoms with Gasteiger partial charge in [-0.25, -0.2) is 0 Å². The Labute approximate surface area is 239 Å². The van der Waals surface area contributed by atoms with Crippen LogP contribution in [0.25, 0.3) is 0 Å². The molecule has 0 bridgehead atoms. The van der Waals surface area contributed by atoms with E-state index >= 15 is 0 Å². The number of halogens is 4. The molecule has 1 atom stereocenters. The number of amides is 2. The maximum absolute atomic E-state index is 13.7. The van der Waals surface area contributed by atoms with E-state index in [1.807, 2.05) is 26.2 Å². The van der Waals surface area contributed by atoms with Crippen molar-refractivity contribution in [1.29, 1.82) is 0 Å². The molecule has 37 heavy (non-hydrogen) atoms. The van der Waals surface area contributed by atoms with E-state index in [2.05, 4.69) is 36.8 Å². The third kappa shape index (κ3) is 6.24. The van der Waals surface area contributed by atoms with Crippen molar-refractivity contribution in [1.82, 2.24) is 10.2 Å². The highest BCUT2D eigenvalue weighted by molar-refractivity contribution is 9.10. The summed E-state index contributed by atoms with van der Waals surface area (Å²) in [4.78, 5) is 29.0. The number of nitrogens with zero attached hydrogens (tertiary/aromatic N) is 1. The zero-order valence-electron chi connectivity index (χ0n) is 20.3. The Morgan fingerprint density at radius 3 is 2.57 bits per heavy atom. The summed E-state index contributed by atoms with van der Waals surface area (Å²) >= 11 is 22.7. The standard InChI is InChI=1S/C27H26BrCl3N4O2/c1-35(2)10-4-9-32-25(36)20-8-7-17(28)12-22(20)34-27(15-16-5-3-6-18(29)11-16)24-21(31)13-19(30)14-23(24)33-26(27)37/h3,5-8,11-14,34H,4,9-10,15H2,1-2H3,(H,32,36)(H,33,37). The smallest absolute Gasteiger partial charge is 0.255 e. The van der Waals surface area contributed by atoms with E-state index in [1.54, 1.807) is 42.5 Å². The molecule has 1 aliphatic heterocycles. The Morgan fingerprint density at radius 1 is 1.05 bits per heavy atom. The molecule has 0 spiro atoms. The highest BCUT2D eigenvalue weighted by Gasteiger charge is 2.49. The maximum Gasteiger partial charge on any atom is 0.255 e. The minimum absolute atomic E-state index is 0.226. The van der Waals surface area contributed by atoms with Crippen LogP contribution < -0.4 is 16.0 Å². The van der Waals surface area contributed by atoms with Crippen molar-refractivity contribution >= 4 is 73.9 Å². The molecule has 1 unspecified atom stereocenters. The van der Waals surface area contributed by atoms with Crippen molar-refractivity contribution in [3.05, 3.63) is 90.8 Å². The molecule has 0 radical (unpaired) electrons. The topological polar surface area (TPSA) is 73.5 Å². The lowest BCUT2D eigenvalue weighted by molar-refractivity contribution is -0.119. The molecule has 194 valence electrons. The van der Waals surface area contributed by atoms with Crippen molar-refractivity contribution < 1.29 is 9.59 Å². The average Bonchev–Trinajstić information content (AvgIpc) is 3.07. The molecule has 3 N–H and O–H groups in total. The van der Waals surface area contributed by atoms with Crippen LogP contribution in [-0.4, -0.2) is 43.9 Å². The van der Waals surface area contributed by atoms with Gasteiger partial charge in [0.2, 0.25) is 0 Å². The molecule has 0 aliphatic carbocycles. The van der Waals surface area contributed by atoms with E-state index in [1.165, 1.54) is 0 Å². The number of nitrogens with one attached hydrogen (secondary N) is 3. The predicted molar refractivity (Wildman–Crippen MR) is 155 cm³/mol. The first-order valence-corrected chi connectivity index (χ1v) is 13.6. The van der Waals surface area contributed by atoms with Gasteiger partial charge in [0.15, 0.2) is 5.54 Å².